The van der Waals surface area contributed by atoms with E-state index in [0.29, 0.717) is 43.8 Å². The highest BCUT2D eigenvalue weighted by molar-refractivity contribution is 5.43. The van der Waals surface area contributed by atoms with Gasteiger partial charge in [0.2, 0.25) is 5.88 Å². The lowest BCUT2D eigenvalue weighted by atomic mass is 10.0. The number of hydrogen-bond acceptors (Lipinski definition) is 9. The van der Waals surface area contributed by atoms with Gasteiger partial charge in [-0.1, -0.05) is 0 Å². The predicted octanol–water partition coefficient (Wildman–Crippen LogP) is 1.60. The summed E-state index contributed by atoms with van der Waals surface area (Å²) in [5.41, 5.74) is 11.4. The maximum Gasteiger partial charge on any atom is 0.434 e. The summed E-state index contributed by atoms with van der Waals surface area (Å²) in [5, 5.41) is 3.00. The number of hydrazine groups is 1. The number of alkyl halides is 3. The second-order valence-corrected chi connectivity index (χ2v) is 6.28. The molecule has 2 atom stereocenters. The molecule has 2 aromatic rings. The Balaban J connectivity index is 1.69. The minimum atomic E-state index is -4.53. The molecular formula is C17H22F3N7O2. The topological polar surface area (TPSA) is 119 Å². The molecule has 29 heavy (non-hydrogen) atoms. The molecule has 0 aromatic carbocycles. The van der Waals surface area contributed by atoms with Gasteiger partial charge in [0.05, 0.1) is 43.9 Å². The van der Waals surface area contributed by atoms with Gasteiger partial charge < -0.3 is 20.5 Å². The highest BCUT2D eigenvalue weighted by Gasteiger charge is 2.33. The molecule has 0 bridgehead atoms. The first kappa shape index (κ1) is 21.0. The van der Waals surface area contributed by atoms with E-state index in [0.717, 1.165) is 11.8 Å². The number of hydrogen-bond donors (Lipinski definition) is 4. The van der Waals surface area contributed by atoms with E-state index in [1.54, 1.807) is 19.4 Å². The van der Waals surface area contributed by atoms with Crippen molar-refractivity contribution in [1.29, 1.82) is 0 Å². The van der Waals surface area contributed by atoms with Gasteiger partial charge in [0.25, 0.3) is 0 Å². The zero-order valence-corrected chi connectivity index (χ0v) is 15.7. The second-order valence-electron chi connectivity index (χ2n) is 6.28. The molecule has 1 saturated heterocycles. The van der Waals surface area contributed by atoms with Gasteiger partial charge in [-0.3, -0.25) is 0 Å². The molecule has 1 aliphatic heterocycles. The fourth-order valence-electron chi connectivity index (χ4n) is 2.87. The Morgan fingerprint density at radius 3 is 2.72 bits per heavy atom. The van der Waals surface area contributed by atoms with Crippen LogP contribution >= 0.6 is 0 Å². The summed E-state index contributed by atoms with van der Waals surface area (Å²) >= 11 is 0. The molecule has 0 aliphatic carbocycles. The average molecular weight is 413 g/mol. The Morgan fingerprint density at radius 1 is 1.24 bits per heavy atom. The second kappa shape index (κ2) is 9.20. The highest BCUT2D eigenvalue weighted by atomic mass is 19.4. The first-order valence-electron chi connectivity index (χ1n) is 8.95. The fourth-order valence-corrected chi connectivity index (χ4v) is 2.87. The monoisotopic (exact) mass is 413 g/mol. The Kier molecular flexibility index (Phi) is 6.67. The molecule has 158 valence electrons. The minimum absolute atomic E-state index is 0.216. The van der Waals surface area contributed by atoms with Crippen molar-refractivity contribution in [2.45, 2.75) is 31.2 Å². The molecule has 3 rings (SSSR count). The summed E-state index contributed by atoms with van der Waals surface area (Å²) in [7, 11) is 1.55. The van der Waals surface area contributed by atoms with E-state index in [2.05, 4.69) is 31.1 Å². The number of ether oxygens (including phenoxy) is 2. The van der Waals surface area contributed by atoms with Gasteiger partial charge >= 0.3 is 6.18 Å². The van der Waals surface area contributed by atoms with Gasteiger partial charge in [-0.05, 0) is 19.0 Å². The number of nitrogens with two attached hydrogens (primary N) is 1. The maximum absolute atomic E-state index is 12.6. The quantitative estimate of drug-likeness (QED) is 0.479. The van der Waals surface area contributed by atoms with Crippen molar-refractivity contribution in [2.75, 3.05) is 25.6 Å². The van der Waals surface area contributed by atoms with Crippen LogP contribution in [0.2, 0.25) is 0 Å². The number of aromatic nitrogens is 3. The van der Waals surface area contributed by atoms with Crippen LogP contribution in [0.1, 0.15) is 30.1 Å². The molecular weight excluding hydrogens is 391 g/mol. The minimum Gasteiger partial charge on any atom is -0.496 e. The van der Waals surface area contributed by atoms with Gasteiger partial charge in [0.1, 0.15) is 11.6 Å². The van der Waals surface area contributed by atoms with Crippen LogP contribution in [0, 0.1) is 0 Å². The SMILES string of the molecule is COc1ccnc(OCCCN)c1C1CC(Nc2cnc(C(F)(F)F)cn2)NN1. The van der Waals surface area contributed by atoms with E-state index in [-0.39, 0.29) is 18.0 Å². The van der Waals surface area contributed by atoms with Crippen molar-refractivity contribution in [1.82, 2.24) is 25.8 Å². The van der Waals surface area contributed by atoms with Crippen LogP contribution < -0.4 is 31.4 Å². The maximum atomic E-state index is 12.6. The molecule has 5 N–H and O–H groups in total. The summed E-state index contributed by atoms with van der Waals surface area (Å²) in [5.74, 6) is 1.26. The third-order valence-corrected chi connectivity index (χ3v) is 4.24. The van der Waals surface area contributed by atoms with Crippen molar-refractivity contribution in [3.63, 3.8) is 0 Å². The number of halogens is 3. The Bertz CT molecular complexity index is 805. The largest absolute Gasteiger partial charge is 0.496 e. The predicted molar refractivity (Wildman–Crippen MR) is 98.0 cm³/mol. The molecule has 0 amide bonds. The highest BCUT2D eigenvalue weighted by Crippen LogP contribution is 2.36. The van der Waals surface area contributed by atoms with E-state index in [1.165, 1.54) is 0 Å². The standard InChI is InChI=1S/C17H22F3N7O2/c1-28-11-3-5-22-16(29-6-2-4-21)15(11)10-7-13(27-26-10)25-14-9-23-12(8-24-14)17(18,19)20/h3,5,8-10,13,26-27H,2,4,6-7,21H2,1H3,(H,24,25). The van der Waals surface area contributed by atoms with Gasteiger partial charge in [-0.25, -0.2) is 25.8 Å². The lowest BCUT2D eigenvalue weighted by Crippen LogP contribution is -2.36. The smallest absolute Gasteiger partial charge is 0.434 e. The van der Waals surface area contributed by atoms with Crippen LogP contribution in [-0.4, -0.2) is 41.4 Å². The summed E-state index contributed by atoms with van der Waals surface area (Å²) in [6.07, 6.45) is -0.298. The van der Waals surface area contributed by atoms with Crippen molar-refractivity contribution in [3.05, 3.63) is 35.9 Å². The lowest BCUT2D eigenvalue weighted by molar-refractivity contribution is -0.141. The van der Waals surface area contributed by atoms with Crippen molar-refractivity contribution in [2.24, 2.45) is 5.73 Å². The first-order valence-corrected chi connectivity index (χ1v) is 8.95. The zero-order valence-electron chi connectivity index (χ0n) is 15.7. The van der Waals surface area contributed by atoms with E-state index < -0.39 is 11.9 Å². The normalized spacial score (nSPS) is 19.2. The number of rotatable bonds is 8. The Labute approximate surface area is 165 Å². The Hall–Kier alpha value is -2.70. The summed E-state index contributed by atoms with van der Waals surface area (Å²) in [6, 6.07) is 1.51. The molecule has 0 radical (unpaired) electrons. The molecule has 12 heteroatoms. The van der Waals surface area contributed by atoms with Crippen molar-refractivity contribution in [3.8, 4) is 11.6 Å². The number of methoxy groups -OCH3 is 1. The third-order valence-electron chi connectivity index (χ3n) is 4.24. The van der Waals surface area contributed by atoms with Gasteiger partial charge in [0, 0.05) is 12.6 Å². The van der Waals surface area contributed by atoms with Crippen molar-refractivity contribution < 1.29 is 22.6 Å². The fraction of sp³-hybridized carbons (Fsp3) is 0.471. The van der Waals surface area contributed by atoms with E-state index in [4.69, 9.17) is 15.2 Å². The number of anilines is 1. The van der Waals surface area contributed by atoms with Gasteiger partial charge in [0.15, 0.2) is 5.69 Å². The van der Waals surface area contributed by atoms with Crippen LogP contribution in [-0.2, 0) is 6.18 Å². The van der Waals surface area contributed by atoms with E-state index >= 15 is 0 Å². The molecule has 2 aromatic heterocycles. The average Bonchev–Trinajstić information content (AvgIpc) is 3.15. The zero-order chi connectivity index (χ0) is 20.9. The number of nitrogens with zero attached hydrogens (tertiary/aromatic N) is 3. The van der Waals surface area contributed by atoms with Gasteiger partial charge in [-0.2, -0.15) is 13.2 Å². The van der Waals surface area contributed by atoms with E-state index in [1.807, 2.05) is 0 Å². The van der Waals surface area contributed by atoms with E-state index in [9.17, 15) is 13.2 Å². The molecule has 1 fully saturated rings. The van der Waals surface area contributed by atoms with Crippen LogP contribution in [0.5, 0.6) is 11.6 Å². The van der Waals surface area contributed by atoms with Crippen LogP contribution in [0.15, 0.2) is 24.7 Å². The molecule has 1 aliphatic rings. The molecule has 2 unspecified atom stereocenters. The number of nitrogens with one attached hydrogen (secondary N) is 3. The molecule has 3 heterocycles. The van der Waals surface area contributed by atoms with Crippen LogP contribution in [0.3, 0.4) is 0 Å². The molecule has 9 nitrogen and oxygen atoms in total. The van der Waals surface area contributed by atoms with Gasteiger partial charge in [-0.15, -0.1) is 0 Å². The summed E-state index contributed by atoms with van der Waals surface area (Å²) in [4.78, 5) is 11.5. The Morgan fingerprint density at radius 2 is 2.07 bits per heavy atom. The summed E-state index contributed by atoms with van der Waals surface area (Å²) < 4.78 is 49.0. The molecule has 0 saturated carbocycles. The number of pyridine rings is 1. The van der Waals surface area contributed by atoms with Crippen LogP contribution in [0.4, 0.5) is 19.0 Å². The van der Waals surface area contributed by atoms with Crippen LogP contribution in [0.25, 0.3) is 0 Å². The third kappa shape index (κ3) is 5.22. The molecule has 0 spiro atoms. The van der Waals surface area contributed by atoms with Crippen molar-refractivity contribution >= 4 is 5.82 Å². The lowest BCUT2D eigenvalue weighted by Gasteiger charge is -2.18. The first-order chi connectivity index (χ1) is 13.9. The summed E-state index contributed by atoms with van der Waals surface area (Å²) in [6.45, 7) is 0.926.